The Morgan fingerprint density at radius 1 is 1.19 bits per heavy atom. The van der Waals surface area contributed by atoms with Gasteiger partial charge in [-0.2, -0.15) is 0 Å². The van der Waals surface area contributed by atoms with Gasteiger partial charge in [0.1, 0.15) is 12.1 Å². The van der Waals surface area contributed by atoms with E-state index in [1.54, 1.807) is 0 Å². The van der Waals surface area contributed by atoms with Gasteiger partial charge < -0.3 is 19.6 Å². The molecule has 0 radical (unpaired) electrons. The minimum Gasteiger partial charge on any atom is -0.341 e. The maximum atomic E-state index is 13.1. The zero-order valence-corrected chi connectivity index (χ0v) is 17.3. The highest BCUT2D eigenvalue weighted by molar-refractivity contribution is 5.95. The topological polar surface area (TPSA) is 67.2 Å². The third-order valence-electron chi connectivity index (χ3n) is 5.98. The average molecular weight is 375 g/mol. The number of aldehydes is 1. The molecule has 1 N–H and O–H groups in total. The van der Waals surface area contributed by atoms with E-state index in [1.165, 1.54) is 19.3 Å². The fraction of sp³-hybridized carbons (Fsp3) is 0.762. The molecule has 1 aromatic heterocycles. The molecule has 6 nitrogen and oxygen atoms in total. The lowest BCUT2D eigenvalue weighted by Crippen LogP contribution is -2.45. The van der Waals surface area contributed by atoms with Gasteiger partial charge in [0.15, 0.2) is 5.69 Å². The predicted octanol–water partition coefficient (Wildman–Crippen LogP) is 3.11. The highest BCUT2D eigenvalue weighted by Crippen LogP contribution is 2.34. The molecule has 3 rings (SSSR count). The van der Waals surface area contributed by atoms with E-state index < -0.39 is 6.04 Å². The van der Waals surface area contributed by atoms with Gasteiger partial charge in [-0.1, -0.05) is 40.0 Å². The third kappa shape index (κ3) is 4.42. The van der Waals surface area contributed by atoms with Crippen LogP contribution >= 0.6 is 0 Å². The van der Waals surface area contributed by atoms with Gasteiger partial charge in [-0.25, -0.2) is 4.98 Å². The molecule has 0 spiro atoms. The Labute approximate surface area is 162 Å². The van der Waals surface area contributed by atoms with Crippen molar-refractivity contribution < 1.29 is 9.59 Å². The SMILES string of the molecule is CN1CCCn2c(C3CCCCC3)nc(C(=O)NC(C=O)C(C)(C)C)c2C1. The standard InChI is InChI=1S/C21H34N4O2/c1-21(2,3)17(14-26)22-20(27)18-16-13-24(4)11-8-12-25(16)19(23-18)15-9-6-5-7-10-15/h14-15,17H,5-13H2,1-4H3,(H,22,27). The van der Waals surface area contributed by atoms with Crippen molar-refractivity contribution in [1.82, 2.24) is 19.8 Å². The van der Waals surface area contributed by atoms with Crippen LogP contribution in [0.15, 0.2) is 0 Å². The summed E-state index contributed by atoms with van der Waals surface area (Å²) in [5.74, 6) is 1.32. The lowest BCUT2D eigenvalue weighted by Gasteiger charge is -2.26. The molecular formula is C21H34N4O2. The third-order valence-corrected chi connectivity index (χ3v) is 5.98. The van der Waals surface area contributed by atoms with Crippen molar-refractivity contribution in [2.45, 2.75) is 84.3 Å². The number of nitrogens with zero attached hydrogens (tertiary/aromatic N) is 3. The fourth-order valence-corrected chi connectivity index (χ4v) is 4.27. The average Bonchev–Trinajstić information content (AvgIpc) is 2.86. The monoisotopic (exact) mass is 374 g/mol. The fourth-order valence-electron chi connectivity index (χ4n) is 4.27. The Hall–Kier alpha value is -1.69. The summed E-state index contributed by atoms with van der Waals surface area (Å²) in [5.41, 5.74) is 1.20. The van der Waals surface area contributed by atoms with Gasteiger partial charge in [0.2, 0.25) is 0 Å². The molecule has 0 saturated heterocycles. The number of fused-ring (bicyclic) bond motifs is 1. The lowest BCUT2D eigenvalue weighted by atomic mass is 9.87. The van der Waals surface area contributed by atoms with E-state index in [9.17, 15) is 9.59 Å². The number of rotatable bonds is 4. The Balaban J connectivity index is 1.95. The Bertz CT molecular complexity index is 683. The normalized spacial score (nSPS) is 20.6. The predicted molar refractivity (Wildman–Crippen MR) is 106 cm³/mol. The van der Waals surface area contributed by atoms with Crippen molar-refractivity contribution in [3.63, 3.8) is 0 Å². The number of hydrogen-bond acceptors (Lipinski definition) is 4. The first-order valence-corrected chi connectivity index (χ1v) is 10.3. The number of carbonyl (C=O) groups excluding carboxylic acids is 2. The summed E-state index contributed by atoms with van der Waals surface area (Å²) < 4.78 is 2.31. The zero-order valence-electron chi connectivity index (χ0n) is 17.3. The van der Waals surface area contributed by atoms with Gasteiger partial charge >= 0.3 is 0 Å². The summed E-state index contributed by atoms with van der Waals surface area (Å²) in [6, 6.07) is -0.524. The van der Waals surface area contributed by atoms with Crippen LogP contribution in [-0.2, 0) is 17.9 Å². The summed E-state index contributed by atoms with van der Waals surface area (Å²) in [7, 11) is 2.09. The van der Waals surface area contributed by atoms with Gasteiger partial charge in [-0.15, -0.1) is 0 Å². The number of imidazole rings is 1. The number of amides is 1. The van der Waals surface area contributed by atoms with Crippen molar-refractivity contribution in [3.8, 4) is 0 Å². The van der Waals surface area contributed by atoms with Crippen molar-refractivity contribution in [2.75, 3.05) is 13.6 Å². The largest absolute Gasteiger partial charge is 0.341 e. The molecule has 1 unspecified atom stereocenters. The smallest absolute Gasteiger partial charge is 0.272 e. The van der Waals surface area contributed by atoms with Crippen LogP contribution in [0.2, 0.25) is 0 Å². The van der Waals surface area contributed by atoms with Gasteiger partial charge in [-0.3, -0.25) is 4.79 Å². The first kappa shape index (κ1) is 20.1. The number of hydrogen-bond donors (Lipinski definition) is 1. The molecule has 1 aliphatic heterocycles. The molecule has 6 heteroatoms. The second kappa shape index (κ2) is 8.13. The van der Waals surface area contributed by atoms with Crippen LogP contribution in [0.25, 0.3) is 0 Å². The molecule has 0 aromatic carbocycles. The van der Waals surface area contributed by atoms with Gasteiger partial charge in [0.05, 0.1) is 11.7 Å². The second-order valence-electron chi connectivity index (χ2n) is 9.30. The molecule has 150 valence electrons. The first-order valence-electron chi connectivity index (χ1n) is 10.3. The minimum atomic E-state index is -0.524. The van der Waals surface area contributed by atoms with E-state index in [0.717, 1.165) is 56.7 Å². The Morgan fingerprint density at radius 3 is 2.52 bits per heavy atom. The summed E-state index contributed by atoms with van der Waals surface area (Å²) in [4.78, 5) is 31.7. The van der Waals surface area contributed by atoms with Crippen molar-refractivity contribution in [2.24, 2.45) is 5.41 Å². The van der Waals surface area contributed by atoms with Crippen molar-refractivity contribution in [3.05, 3.63) is 17.2 Å². The van der Waals surface area contributed by atoms with Crippen LogP contribution in [-0.4, -0.2) is 46.3 Å². The quantitative estimate of drug-likeness (QED) is 0.823. The van der Waals surface area contributed by atoms with Crippen LogP contribution in [0.4, 0.5) is 0 Å². The van der Waals surface area contributed by atoms with Crippen molar-refractivity contribution in [1.29, 1.82) is 0 Å². The Kier molecular flexibility index (Phi) is 6.04. The molecule has 2 aliphatic rings. The summed E-state index contributed by atoms with van der Waals surface area (Å²) >= 11 is 0. The Morgan fingerprint density at radius 2 is 1.89 bits per heavy atom. The van der Waals surface area contributed by atoms with Gasteiger partial charge in [-0.05, 0) is 38.3 Å². The van der Waals surface area contributed by atoms with E-state index >= 15 is 0 Å². The van der Waals surface area contributed by atoms with Crippen LogP contribution in [0, 0.1) is 5.41 Å². The molecule has 27 heavy (non-hydrogen) atoms. The van der Waals surface area contributed by atoms with E-state index in [2.05, 4.69) is 21.8 Å². The maximum absolute atomic E-state index is 13.1. The lowest BCUT2D eigenvalue weighted by molar-refractivity contribution is -0.111. The molecule has 1 atom stereocenters. The van der Waals surface area contributed by atoms with Crippen LogP contribution in [0.1, 0.15) is 87.2 Å². The highest BCUT2D eigenvalue weighted by Gasteiger charge is 2.32. The summed E-state index contributed by atoms with van der Waals surface area (Å²) in [6.07, 6.45) is 8.00. The van der Waals surface area contributed by atoms with Gasteiger partial charge in [0.25, 0.3) is 5.91 Å². The second-order valence-corrected chi connectivity index (χ2v) is 9.30. The first-order chi connectivity index (χ1) is 12.8. The van der Waals surface area contributed by atoms with Crippen molar-refractivity contribution >= 4 is 12.2 Å². The van der Waals surface area contributed by atoms with E-state index in [1.807, 2.05) is 20.8 Å². The van der Waals surface area contributed by atoms with Crippen LogP contribution < -0.4 is 5.32 Å². The van der Waals surface area contributed by atoms with E-state index in [0.29, 0.717) is 11.6 Å². The number of nitrogens with one attached hydrogen (secondary N) is 1. The molecule has 1 aromatic rings. The van der Waals surface area contributed by atoms with E-state index in [4.69, 9.17) is 4.98 Å². The molecule has 2 heterocycles. The van der Waals surface area contributed by atoms with Crippen LogP contribution in [0.3, 0.4) is 0 Å². The maximum Gasteiger partial charge on any atom is 0.272 e. The number of carbonyl (C=O) groups is 2. The van der Waals surface area contributed by atoms with Crippen LogP contribution in [0.5, 0.6) is 0 Å². The molecule has 1 saturated carbocycles. The van der Waals surface area contributed by atoms with E-state index in [-0.39, 0.29) is 11.3 Å². The molecule has 0 bridgehead atoms. The zero-order chi connectivity index (χ0) is 19.6. The highest BCUT2D eigenvalue weighted by atomic mass is 16.2. The molecule has 1 aliphatic carbocycles. The summed E-state index contributed by atoms with van der Waals surface area (Å²) in [6.45, 7) is 8.54. The van der Waals surface area contributed by atoms with Gasteiger partial charge in [0, 0.05) is 19.0 Å². The molecule has 1 amide bonds. The minimum absolute atomic E-state index is 0.219. The summed E-state index contributed by atoms with van der Waals surface area (Å²) in [5, 5.41) is 2.92. The molecular weight excluding hydrogens is 340 g/mol. The number of aromatic nitrogens is 2. The molecule has 1 fully saturated rings.